The van der Waals surface area contributed by atoms with E-state index in [9.17, 15) is 14.0 Å². The Morgan fingerprint density at radius 2 is 1.73 bits per heavy atom. The molecule has 4 fully saturated rings. The molecule has 1 unspecified atom stereocenters. The van der Waals surface area contributed by atoms with Crippen LogP contribution in [-0.4, -0.2) is 97.0 Å². The summed E-state index contributed by atoms with van der Waals surface area (Å²) < 4.78 is 20.5. The number of pyridine rings is 1. The van der Waals surface area contributed by atoms with Gasteiger partial charge >= 0.3 is 0 Å². The molecule has 2 aliphatic heterocycles. The van der Waals surface area contributed by atoms with Crippen molar-refractivity contribution in [2.75, 3.05) is 51.6 Å². The standard InChI is InChI=1S/C29H47FN8O3/c1-37-12-14-38(15-13-37)28(40)19-6-8-22(9-7-19)41-24-10-11-33-18-23(24)36-27(39)25(26(31)32)29(20-4-2-3-5-20)34-16-21(30)17-35-29/h10-11,18-22,25-26,34-35H,2-9,12-17,31-32H2,1H3,(H,36,39). The number of alkyl halides is 1. The summed E-state index contributed by atoms with van der Waals surface area (Å²) in [6, 6.07) is 1.74. The van der Waals surface area contributed by atoms with Crippen molar-refractivity contribution < 1.29 is 18.7 Å². The number of hydrogen-bond donors (Lipinski definition) is 5. The first-order valence-corrected chi connectivity index (χ1v) is 15.3. The van der Waals surface area contributed by atoms with E-state index < -0.39 is 23.9 Å². The van der Waals surface area contributed by atoms with Gasteiger partial charge in [0, 0.05) is 57.4 Å². The van der Waals surface area contributed by atoms with E-state index in [0.29, 0.717) is 11.4 Å². The first kappa shape index (κ1) is 30.1. The van der Waals surface area contributed by atoms with E-state index in [1.54, 1.807) is 18.5 Å². The molecule has 0 aromatic carbocycles. The number of rotatable bonds is 8. The lowest BCUT2D eigenvalue weighted by Gasteiger charge is -2.50. The van der Waals surface area contributed by atoms with E-state index in [1.165, 1.54) is 0 Å². The molecule has 4 aliphatic rings. The minimum Gasteiger partial charge on any atom is -0.488 e. The lowest BCUT2D eigenvalue weighted by Crippen LogP contribution is -2.76. The summed E-state index contributed by atoms with van der Waals surface area (Å²) in [4.78, 5) is 35.4. The summed E-state index contributed by atoms with van der Waals surface area (Å²) in [5.74, 6) is -0.278. The van der Waals surface area contributed by atoms with Gasteiger partial charge < -0.3 is 31.3 Å². The average Bonchev–Trinajstić information content (AvgIpc) is 3.52. The zero-order valence-electron chi connectivity index (χ0n) is 24.2. The molecule has 7 N–H and O–H groups in total. The maximum Gasteiger partial charge on any atom is 0.233 e. The number of nitrogens with two attached hydrogens (primary N) is 2. The van der Waals surface area contributed by atoms with E-state index in [2.05, 4.69) is 32.9 Å². The minimum atomic E-state index is -1.05. The average molecular weight is 575 g/mol. The Bertz CT molecular complexity index is 1030. The van der Waals surface area contributed by atoms with Crippen LogP contribution in [0, 0.1) is 17.8 Å². The number of aromatic nitrogens is 1. The second kappa shape index (κ2) is 13.3. The van der Waals surface area contributed by atoms with Gasteiger partial charge in [-0.25, -0.2) is 4.39 Å². The molecule has 12 heteroatoms. The van der Waals surface area contributed by atoms with Crippen LogP contribution in [0.15, 0.2) is 18.5 Å². The summed E-state index contributed by atoms with van der Waals surface area (Å²) in [7, 11) is 2.09. The van der Waals surface area contributed by atoms with Gasteiger partial charge in [0.1, 0.15) is 17.6 Å². The number of halogens is 1. The molecule has 2 amide bonds. The van der Waals surface area contributed by atoms with E-state index in [4.69, 9.17) is 16.2 Å². The highest BCUT2D eigenvalue weighted by molar-refractivity contribution is 5.95. The number of piperazine rings is 1. The van der Waals surface area contributed by atoms with Crippen LogP contribution in [0.2, 0.25) is 0 Å². The van der Waals surface area contributed by atoms with Gasteiger partial charge in [-0.2, -0.15) is 0 Å². The van der Waals surface area contributed by atoms with E-state index in [-0.39, 0.29) is 42.8 Å². The van der Waals surface area contributed by atoms with Crippen LogP contribution in [0.25, 0.3) is 0 Å². The highest BCUT2D eigenvalue weighted by Crippen LogP contribution is 2.40. The van der Waals surface area contributed by atoms with Gasteiger partial charge in [0.25, 0.3) is 0 Å². The minimum absolute atomic E-state index is 0.0351. The number of anilines is 1. The van der Waals surface area contributed by atoms with Gasteiger partial charge in [-0.05, 0) is 51.5 Å². The third kappa shape index (κ3) is 6.83. The van der Waals surface area contributed by atoms with Gasteiger partial charge in [-0.15, -0.1) is 0 Å². The zero-order valence-corrected chi connectivity index (χ0v) is 24.2. The number of nitrogens with one attached hydrogen (secondary N) is 3. The molecule has 1 atom stereocenters. The smallest absolute Gasteiger partial charge is 0.233 e. The monoisotopic (exact) mass is 574 g/mol. The first-order valence-electron chi connectivity index (χ1n) is 15.3. The Balaban J connectivity index is 1.23. The molecule has 228 valence electrons. The van der Waals surface area contributed by atoms with Crippen molar-refractivity contribution in [2.24, 2.45) is 29.2 Å². The molecule has 1 aromatic rings. The number of carbonyl (C=O) groups is 2. The predicted molar refractivity (Wildman–Crippen MR) is 155 cm³/mol. The molecule has 1 aromatic heterocycles. The molecule has 11 nitrogen and oxygen atoms in total. The Morgan fingerprint density at radius 1 is 1.07 bits per heavy atom. The number of carbonyl (C=O) groups excluding carboxylic acids is 2. The Hall–Kier alpha value is -2.38. The maximum atomic E-state index is 14.1. The van der Waals surface area contributed by atoms with Crippen LogP contribution < -0.4 is 32.2 Å². The lowest BCUT2D eigenvalue weighted by molar-refractivity contribution is -0.138. The zero-order chi connectivity index (χ0) is 29.0. The van der Waals surface area contributed by atoms with Gasteiger partial charge in [-0.1, -0.05) is 12.8 Å². The Morgan fingerprint density at radius 3 is 2.37 bits per heavy atom. The predicted octanol–water partition coefficient (Wildman–Crippen LogP) is 1.01. The molecule has 0 spiro atoms. The SMILES string of the molecule is CN1CCN(C(=O)C2CCC(Oc3ccncc3NC(=O)C(C(N)N)C3(C4CCCC4)NCC(F)CN3)CC2)CC1. The van der Waals surface area contributed by atoms with Crippen molar-refractivity contribution in [3.05, 3.63) is 18.5 Å². The van der Waals surface area contributed by atoms with Gasteiger partial charge in [0.2, 0.25) is 11.8 Å². The number of amides is 2. The fourth-order valence-electron chi connectivity index (χ4n) is 7.20. The topological polar surface area (TPSA) is 151 Å². The maximum absolute atomic E-state index is 14.1. The van der Waals surface area contributed by atoms with E-state index >= 15 is 0 Å². The lowest BCUT2D eigenvalue weighted by atomic mass is 9.76. The summed E-state index contributed by atoms with van der Waals surface area (Å²) >= 11 is 0. The highest BCUT2D eigenvalue weighted by atomic mass is 19.1. The van der Waals surface area contributed by atoms with Crippen LogP contribution in [0.4, 0.5) is 10.1 Å². The first-order chi connectivity index (χ1) is 19.8. The van der Waals surface area contributed by atoms with Crippen molar-refractivity contribution in [1.29, 1.82) is 0 Å². The Labute approximate surface area is 242 Å². The third-order valence-electron chi connectivity index (χ3n) is 9.56. The van der Waals surface area contributed by atoms with Crippen LogP contribution in [-0.2, 0) is 9.59 Å². The molecule has 2 saturated heterocycles. The molecular formula is C29H47FN8O3. The second-order valence-corrected chi connectivity index (χ2v) is 12.3. The summed E-state index contributed by atoms with van der Waals surface area (Å²) in [5, 5.41) is 9.60. The van der Waals surface area contributed by atoms with Crippen molar-refractivity contribution in [1.82, 2.24) is 25.4 Å². The fourth-order valence-corrected chi connectivity index (χ4v) is 7.20. The van der Waals surface area contributed by atoms with Crippen molar-refractivity contribution in [3.8, 4) is 5.75 Å². The summed E-state index contributed by atoms with van der Waals surface area (Å²) in [5.41, 5.74) is 12.1. The van der Waals surface area contributed by atoms with Crippen LogP contribution >= 0.6 is 0 Å². The van der Waals surface area contributed by atoms with Crippen LogP contribution in [0.5, 0.6) is 5.75 Å². The Kier molecular flexibility index (Phi) is 9.75. The van der Waals surface area contributed by atoms with Crippen molar-refractivity contribution in [2.45, 2.75) is 75.5 Å². The summed E-state index contributed by atoms with van der Waals surface area (Å²) in [6.07, 6.45) is 8.12. The van der Waals surface area contributed by atoms with Crippen LogP contribution in [0.1, 0.15) is 51.4 Å². The van der Waals surface area contributed by atoms with E-state index in [0.717, 1.165) is 77.5 Å². The molecule has 2 saturated carbocycles. The molecule has 41 heavy (non-hydrogen) atoms. The van der Waals surface area contributed by atoms with Crippen molar-refractivity contribution in [3.63, 3.8) is 0 Å². The highest BCUT2D eigenvalue weighted by Gasteiger charge is 2.52. The summed E-state index contributed by atoms with van der Waals surface area (Å²) in [6.45, 7) is 3.70. The molecule has 3 heterocycles. The molecule has 5 rings (SSSR count). The normalized spacial score (nSPS) is 30.8. The third-order valence-corrected chi connectivity index (χ3v) is 9.56. The molecule has 0 radical (unpaired) electrons. The largest absolute Gasteiger partial charge is 0.488 e. The molecule has 2 aliphatic carbocycles. The quantitative estimate of drug-likeness (QED) is 0.287. The van der Waals surface area contributed by atoms with Crippen LogP contribution in [0.3, 0.4) is 0 Å². The second-order valence-electron chi connectivity index (χ2n) is 12.3. The molecular weight excluding hydrogens is 527 g/mol. The van der Waals surface area contributed by atoms with Gasteiger partial charge in [-0.3, -0.25) is 25.2 Å². The molecule has 0 bridgehead atoms. The number of likely N-dealkylation sites (N-methyl/N-ethyl adjacent to an activating group) is 1. The number of nitrogens with zero attached hydrogens (tertiary/aromatic N) is 3. The van der Waals surface area contributed by atoms with Gasteiger partial charge in [0.05, 0.1) is 30.0 Å². The van der Waals surface area contributed by atoms with Crippen molar-refractivity contribution >= 4 is 17.5 Å². The number of hydrogen-bond acceptors (Lipinski definition) is 9. The number of ether oxygens (including phenoxy) is 1. The fraction of sp³-hybridized carbons (Fsp3) is 0.759. The van der Waals surface area contributed by atoms with E-state index in [1.807, 2.05) is 4.90 Å². The van der Waals surface area contributed by atoms with Gasteiger partial charge in [0.15, 0.2) is 0 Å².